The van der Waals surface area contributed by atoms with Crippen LogP contribution in [0.1, 0.15) is 25.1 Å². The van der Waals surface area contributed by atoms with Crippen molar-refractivity contribution in [3.8, 4) is 11.6 Å². The topological polar surface area (TPSA) is 47.3 Å². The van der Waals surface area contributed by atoms with Gasteiger partial charge in [-0.05, 0) is 31.5 Å². The van der Waals surface area contributed by atoms with Gasteiger partial charge in [0.1, 0.15) is 5.75 Å². The van der Waals surface area contributed by atoms with Crippen molar-refractivity contribution in [2.75, 3.05) is 0 Å². The second kappa shape index (κ2) is 6.48. The fourth-order valence-corrected chi connectivity index (χ4v) is 2.55. The first-order valence-corrected chi connectivity index (χ1v) is 7.18. The van der Waals surface area contributed by atoms with Crippen molar-refractivity contribution in [2.24, 2.45) is 0 Å². The Bertz CT molecular complexity index is 591. The molecule has 2 rings (SSSR count). The molecule has 108 valence electrons. The molecule has 2 aromatic rings. The highest BCUT2D eigenvalue weighted by Crippen LogP contribution is 2.32. The Kier molecular flexibility index (Phi) is 4.91. The molecule has 0 saturated carbocycles. The van der Waals surface area contributed by atoms with Gasteiger partial charge in [0.15, 0.2) is 0 Å². The molecule has 0 spiro atoms. The predicted octanol–water partition coefficient (Wildman–Crippen LogP) is 4.06. The van der Waals surface area contributed by atoms with E-state index >= 15 is 0 Å². The van der Waals surface area contributed by atoms with Crippen LogP contribution in [0.3, 0.4) is 0 Å². The Morgan fingerprint density at radius 3 is 2.35 bits per heavy atom. The molecule has 0 amide bonds. The van der Waals surface area contributed by atoms with Crippen LogP contribution in [-0.4, -0.2) is 14.9 Å². The van der Waals surface area contributed by atoms with Crippen LogP contribution in [0.15, 0.2) is 18.2 Å². The van der Waals surface area contributed by atoms with E-state index in [1.54, 1.807) is 22.9 Å². The molecule has 4 nitrogen and oxygen atoms in total. The highest BCUT2D eigenvalue weighted by Gasteiger charge is 2.17. The van der Waals surface area contributed by atoms with Crippen LogP contribution in [-0.2, 0) is 19.6 Å². The largest absolute Gasteiger partial charge is 0.439 e. The second-order valence-corrected chi connectivity index (χ2v) is 5.14. The highest BCUT2D eigenvalue weighted by atomic mass is 35.5. The van der Waals surface area contributed by atoms with Crippen LogP contribution in [0.2, 0.25) is 10.0 Å². The van der Waals surface area contributed by atoms with Crippen molar-refractivity contribution in [3.63, 3.8) is 0 Å². The standard InChI is InChI=1S/C14H16Cl2N2O2/c1-3-12-13(8-19)17-18(4-2)14(12)20-11-6-9(15)5-10(16)7-11/h5-7,19H,3-4,8H2,1-2H3. The maximum absolute atomic E-state index is 9.36. The molecular formula is C14H16Cl2N2O2. The van der Waals surface area contributed by atoms with Gasteiger partial charge in [-0.2, -0.15) is 5.10 Å². The third kappa shape index (κ3) is 3.08. The fourth-order valence-electron chi connectivity index (χ4n) is 2.04. The first-order chi connectivity index (χ1) is 9.58. The van der Waals surface area contributed by atoms with Gasteiger partial charge in [-0.25, -0.2) is 4.68 Å². The first-order valence-electron chi connectivity index (χ1n) is 6.42. The second-order valence-electron chi connectivity index (χ2n) is 4.27. The minimum Gasteiger partial charge on any atom is -0.439 e. The quantitative estimate of drug-likeness (QED) is 0.905. The number of ether oxygens (including phenoxy) is 1. The summed E-state index contributed by atoms with van der Waals surface area (Å²) in [5.41, 5.74) is 1.53. The smallest absolute Gasteiger partial charge is 0.221 e. The van der Waals surface area contributed by atoms with E-state index in [1.165, 1.54) is 0 Å². The van der Waals surface area contributed by atoms with E-state index in [1.807, 2.05) is 13.8 Å². The summed E-state index contributed by atoms with van der Waals surface area (Å²) in [6.07, 6.45) is 0.722. The monoisotopic (exact) mass is 314 g/mol. The van der Waals surface area contributed by atoms with Crippen molar-refractivity contribution in [3.05, 3.63) is 39.5 Å². The van der Waals surface area contributed by atoms with Gasteiger partial charge in [-0.15, -0.1) is 0 Å². The van der Waals surface area contributed by atoms with E-state index in [-0.39, 0.29) is 6.61 Å². The molecule has 6 heteroatoms. The van der Waals surface area contributed by atoms with Gasteiger partial charge in [0, 0.05) is 22.2 Å². The van der Waals surface area contributed by atoms with Gasteiger partial charge in [-0.1, -0.05) is 30.1 Å². The summed E-state index contributed by atoms with van der Waals surface area (Å²) in [7, 11) is 0. The number of benzene rings is 1. The van der Waals surface area contributed by atoms with E-state index in [9.17, 15) is 5.11 Å². The molecule has 0 saturated heterocycles. The van der Waals surface area contributed by atoms with E-state index in [4.69, 9.17) is 27.9 Å². The Balaban J connectivity index is 2.43. The number of halogens is 2. The van der Waals surface area contributed by atoms with Crippen molar-refractivity contribution in [1.82, 2.24) is 9.78 Å². The zero-order valence-corrected chi connectivity index (χ0v) is 12.9. The third-order valence-corrected chi connectivity index (χ3v) is 3.37. The Morgan fingerprint density at radius 1 is 1.20 bits per heavy atom. The lowest BCUT2D eigenvalue weighted by Gasteiger charge is -2.10. The summed E-state index contributed by atoms with van der Waals surface area (Å²) in [5, 5.41) is 14.7. The van der Waals surface area contributed by atoms with Gasteiger partial charge in [-0.3, -0.25) is 0 Å². The van der Waals surface area contributed by atoms with E-state index < -0.39 is 0 Å². The van der Waals surface area contributed by atoms with Crippen LogP contribution in [0.4, 0.5) is 0 Å². The molecule has 0 aliphatic carbocycles. The van der Waals surface area contributed by atoms with Gasteiger partial charge >= 0.3 is 0 Å². The van der Waals surface area contributed by atoms with Crippen LogP contribution in [0.5, 0.6) is 11.6 Å². The maximum Gasteiger partial charge on any atom is 0.221 e. The Morgan fingerprint density at radius 2 is 1.85 bits per heavy atom. The summed E-state index contributed by atoms with van der Waals surface area (Å²) < 4.78 is 7.61. The SMILES string of the molecule is CCc1c(CO)nn(CC)c1Oc1cc(Cl)cc(Cl)c1. The lowest BCUT2D eigenvalue weighted by Crippen LogP contribution is -2.00. The molecule has 0 bridgehead atoms. The zero-order valence-electron chi connectivity index (χ0n) is 11.4. The predicted molar refractivity (Wildman–Crippen MR) is 79.7 cm³/mol. The number of hydrogen-bond donors (Lipinski definition) is 1. The van der Waals surface area contributed by atoms with E-state index in [0.29, 0.717) is 33.9 Å². The molecule has 0 unspecified atom stereocenters. The molecule has 20 heavy (non-hydrogen) atoms. The average Bonchev–Trinajstić information content (AvgIpc) is 2.74. The molecular weight excluding hydrogens is 299 g/mol. The minimum absolute atomic E-state index is 0.108. The number of aryl methyl sites for hydroxylation is 1. The number of aromatic nitrogens is 2. The molecule has 0 aliphatic heterocycles. The fraction of sp³-hybridized carbons (Fsp3) is 0.357. The summed E-state index contributed by atoms with van der Waals surface area (Å²) in [6, 6.07) is 5.03. The lowest BCUT2D eigenvalue weighted by molar-refractivity contribution is 0.274. The van der Waals surface area contributed by atoms with Crippen molar-refractivity contribution >= 4 is 23.2 Å². The van der Waals surface area contributed by atoms with Crippen molar-refractivity contribution < 1.29 is 9.84 Å². The number of aliphatic hydroxyl groups is 1. The zero-order chi connectivity index (χ0) is 14.7. The molecule has 1 N–H and O–H groups in total. The molecule has 0 radical (unpaired) electrons. The summed E-state index contributed by atoms with van der Waals surface area (Å²) in [5.74, 6) is 1.17. The van der Waals surface area contributed by atoms with Crippen molar-refractivity contribution in [1.29, 1.82) is 0 Å². The molecule has 0 aliphatic rings. The molecule has 0 atom stereocenters. The summed E-state index contributed by atoms with van der Waals surface area (Å²) in [4.78, 5) is 0. The molecule has 1 aromatic carbocycles. The Hall–Kier alpha value is -1.23. The number of aliphatic hydroxyl groups excluding tert-OH is 1. The van der Waals surface area contributed by atoms with Crippen LogP contribution < -0.4 is 4.74 Å². The van der Waals surface area contributed by atoms with Gasteiger partial charge < -0.3 is 9.84 Å². The Labute approximate surface area is 127 Å². The summed E-state index contributed by atoms with van der Waals surface area (Å²) in [6.45, 7) is 4.50. The maximum atomic E-state index is 9.36. The normalized spacial score (nSPS) is 10.8. The van der Waals surface area contributed by atoms with Crippen LogP contribution in [0.25, 0.3) is 0 Å². The minimum atomic E-state index is -0.108. The van der Waals surface area contributed by atoms with Gasteiger partial charge in [0.25, 0.3) is 0 Å². The first kappa shape index (κ1) is 15.2. The highest BCUT2D eigenvalue weighted by molar-refractivity contribution is 6.34. The van der Waals surface area contributed by atoms with E-state index in [2.05, 4.69) is 5.10 Å². The average molecular weight is 315 g/mol. The van der Waals surface area contributed by atoms with Gasteiger partial charge in [0.2, 0.25) is 5.88 Å². The van der Waals surface area contributed by atoms with E-state index in [0.717, 1.165) is 12.0 Å². The number of hydrogen-bond acceptors (Lipinski definition) is 3. The third-order valence-electron chi connectivity index (χ3n) is 2.94. The van der Waals surface area contributed by atoms with Gasteiger partial charge in [0.05, 0.1) is 12.3 Å². The molecule has 0 fully saturated rings. The number of rotatable bonds is 5. The van der Waals surface area contributed by atoms with Crippen molar-refractivity contribution in [2.45, 2.75) is 33.4 Å². The van der Waals surface area contributed by atoms with Crippen LogP contribution >= 0.6 is 23.2 Å². The lowest BCUT2D eigenvalue weighted by atomic mass is 10.2. The molecule has 1 heterocycles. The number of nitrogens with zero attached hydrogens (tertiary/aromatic N) is 2. The molecule has 1 aromatic heterocycles. The summed E-state index contributed by atoms with van der Waals surface area (Å²) >= 11 is 11.9. The van der Waals surface area contributed by atoms with Crippen LogP contribution in [0, 0.1) is 0 Å².